The summed E-state index contributed by atoms with van der Waals surface area (Å²) in [5, 5.41) is 2.62. The summed E-state index contributed by atoms with van der Waals surface area (Å²) in [7, 11) is 10.8. The van der Waals surface area contributed by atoms with E-state index in [1.807, 2.05) is 49.4 Å². The fourth-order valence-electron chi connectivity index (χ4n) is 5.69. The molecule has 9 heteroatoms. The second-order valence-electron chi connectivity index (χ2n) is 10.1. The lowest BCUT2D eigenvalue weighted by Gasteiger charge is -2.23. The van der Waals surface area contributed by atoms with E-state index < -0.39 is 5.78 Å². The van der Waals surface area contributed by atoms with E-state index in [2.05, 4.69) is 0 Å². The van der Waals surface area contributed by atoms with Gasteiger partial charge in [0.15, 0.2) is 0 Å². The summed E-state index contributed by atoms with van der Waals surface area (Å²) in [6.07, 6.45) is 0. The van der Waals surface area contributed by atoms with Gasteiger partial charge in [0.25, 0.3) is 0 Å². The SMILES string of the molecule is COc1cc(OC)c2c(OC)c(C(=O)c3c(OC)c(C)c4cc(OC)cc(OC)c4c3OC)c(OCc3ccccc3)cc2c1. The Morgan fingerprint density at radius 3 is 1.73 bits per heavy atom. The topological polar surface area (TPSA) is 90.9 Å². The van der Waals surface area contributed by atoms with Crippen LogP contribution in [0, 0.1) is 6.92 Å². The van der Waals surface area contributed by atoms with Crippen molar-refractivity contribution in [3.63, 3.8) is 0 Å². The van der Waals surface area contributed by atoms with E-state index >= 15 is 4.79 Å². The molecule has 234 valence electrons. The summed E-state index contributed by atoms with van der Waals surface area (Å²) in [5.74, 6) is 2.83. The van der Waals surface area contributed by atoms with E-state index in [9.17, 15) is 0 Å². The number of methoxy groups -OCH3 is 7. The molecule has 0 saturated carbocycles. The third-order valence-electron chi connectivity index (χ3n) is 7.81. The van der Waals surface area contributed by atoms with Crippen LogP contribution in [0.2, 0.25) is 0 Å². The van der Waals surface area contributed by atoms with Crippen LogP contribution in [0.25, 0.3) is 21.5 Å². The maximum absolute atomic E-state index is 15.1. The number of rotatable bonds is 12. The standard InChI is InChI=1S/C36H36O9/c1-20-25-16-24(39-3)18-27(41-5)30(25)36(44-8)32(34(20)42-6)33(37)31-28(45-19-21-12-10-9-11-13-21)15-22-14-23(38-2)17-26(40-4)29(22)35(31)43-7/h9-18H,19H2,1-8H3. The van der Waals surface area contributed by atoms with Crippen LogP contribution in [0.4, 0.5) is 0 Å². The third kappa shape index (κ3) is 5.46. The Bertz CT molecular complexity index is 1880. The molecule has 0 fully saturated rings. The summed E-state index contributed by atoms with van der Waals surface area (Å²) in [4.78, 5) is 15.1. The average molecular weight is 613 g/mol. The Morgan fingerprint density at radius 1 is 0.578 bits per heavy atom. The molecule has 0 aliphatic rings. The molecule has 0 bridgehead atoms. The van der Waals surface area contributed by atoms with Crippen molar-refractivity contribution >= 4 is 27.3 Å². The molecule has 5 aromatic carbocycles. The first kappa shape index (κ1) is 31.1. The van der Waals surface area contributed by atoms with E-state index in [0.717, 1.165) is 10.9 Å². The molecular weight excluding hydrogens is 576 g/mol. The van der Waals surface area contributed by atoms with Crippen molar-refractivity contribution in [1.82, 2.24) is 0 Å². The molecule has 5 rings (SSSR count). The van der Waals surface area contributed by atoms with Crippen LogP contribution < -0.4 is 37.9 Å². The highest BCUT2D eigenvalue weighted by Crippen LogP contribution is 2.50. The van der Waals surface area contributed by atoms with E-state index in [4.69, 9.17) is 37.9 Å². The number of aryl methyl sites for hydroxylation is 1. The number of carbonyl (C=O) groups excluding carboxylic acids is 1. The zero-order chi connectivity index (χ0) is 32.2. The number of ketones is 1. The highest BCUT2D eigenvalue weighted by Gasteiger charge is 2.33. The molecule has 0 unspecified atom stereocenters. The van der Waals surface area contributed by atoms with Crippen LogP contribution in [0.5, 0.6) is 46.0 Å². The van der Waals surface area contributed by atoms with Crippen molar-refractivity contribution in [3.8, 4) is 46.0 Å². The van der Waals surface area contributed by atoms with Gasteiger partial charge in [0, 0.05) is 17.7 Å². The molecule has 5 aromatic rings. The summed E-state index contributed by atoms with van der Waals surface area (Å²) in [5.41, 5.74) is 1.98. The van der Waals surface area contributed by atoms with Crippen molar-refractivity contribution in [2.24, 2.45) is 0 Å². The zero-order valence-corrected chi connectivity index (χ0v) is 26.7. The molecule has 0 saturated heterocycles. The lowest BCUT2D eigenvalue weighted by Crippen LogP contribution is -2.13. The van der Waals surface area contributed by atoms with Gasteiger partial charge >= 0.3 is 0 Å². The number of carbonyl (C=O) groups is 1. The molecule has 0 amide bonds. The van der Waals surface area contributed by atoms with Gasteiger partial charge < -0.3 is 37.9 Å². The van der Waals surface area contributed by atoms with Gasteiger partial charge in [0.05, 0.1) is 60.5 Å². The molecule has 0 atom stereocenters. The Balaban J connectivity index is 1.87. The Morgan fingerprint density at radius 2 is 1.16 bits per heavy atom. The molecule has 0 spiro atoms. The summed E-state index contributed by atoms with van der Waals surface area (Å²) in [6.45, 7) is 2.07. The number of hydrogen-bond acceptors (Lipinski definition) is 9. The predicted octanol–water partition coefficient (Wildman–Crippen LogP) is 7.17. The first-order valence-corrected chi connectivity index (χ1v) is 14.1. The molecule has 0 heterocycles. The number of fused-ring (bicyclic) bond motifs is 2. The van der Waals surface area contributed by atoms with Gasteiger partial charge in [-0.1, -0.05) is 30.3 Å². The number of hydrogen-bond donors (Lipinski definition) is 0. The van der Waals surface area contributed by atoms with Crippen molar-refractivity contribution in [1.29, 1.82) is 0 Å². The molecule has 0 aromatic heterocycles. The van der Waals surface area contributed by atoms with Crippen molar-refractivity contribution in [2.75, 3.05) is 49.8 Å². The lowest BCUT2D eigenvalue weighted by molar-refractivity contribution is 0.102. The van der Waals surface area contributed by atoms with Crippen molar-refractivity contribution in [3.05, 3.63) is 82.9 Å². The van der Waals surface area contributed by atoms with Crippen LogP contribution in [0.3, 0.4) is 0 Å². The van der Waals surface area contributed by atoms with E-state index in [0.29, 0.717) is 56.2 Å². The maximum Gasteiger partial charge on any atom is 0.208 e. The third-order valence-corrected chi connectivity index (χ3v) is 7.81. The molecule has 0 radical (unpaired) electrons. The van der Waals surface area contributed by atoms with Crippen LogP contribution in [0.1, 0.15) is 27.0 Å². The normalized spacial score (nSPS) is 10.8. The lowest BCUT2D eigenvalue weighted by atomic mass is 9.91. The number of ether oxygens (including phenoxy) is 8. The fourth-order valence-corrected chi connectivity index (χ4v) is 5.69. The monoisotopic (exact) mass is 612 g/mol. The van der Waals surface area contributed by atoms with Crippen molar-refractivity contribution < 1.29 is 42.7 Å². The first-order chi connectivity index (χ1) is 21.8. The fraction of sp³-hybridized carbons (Fsp3) is 0.250. The number of benzene rings is 5. The summed E-state index contributed by atoms with van der Waals surface area (Å²) in [6, 6.07) is 18.7. The Labute approximate surface area is 262 Å². The van der Waals surface area contributed by atoms with Gasteiger partial charge in [-0.15, -0.1) is 0 Å². The van der Waals surface area contributed by atoms with Crippen LogP contribution in [-0.2, 0) is 6.61 Å². The maximum atomic E-state index is 15.1. The van der Waals surface area contributed by atoms with Crippen LogP contribution in [-0.4, -0.2) is 55.6 Å². The van der Waals surface area contributed by atoms with E-state index in [1.54, 1.807) is 46.6 Å². The smallest absolute Gasteiger partial charge is 0.208 e. The van der Waals surface area contributed by atoms with Crippen LogP contribution >= 0.6 is 0 Å². The molecule has 45 heavy (non-hydrogen) atoms. The van der Waals surface area contributed by atoms with Gasteiger partial charge in [-0.2, -0.15) is 0 Å². The highest BCUT2D eigenvalue weighted by molar-refractivity contribution is 6.22. The predicted molar refractivity (Wildman–Crippen MR) is 173 cm³/mol. The molecule has 0 aliphatic carbocycles. The Kier molecular flexibility index (Phi) is 9.08. The van der Waals surface area contributed by atoms with Gasteiger partial charge in [0.1, 0.15) is 63.7 Å². The molecular formula is C36H36O9. The van der Waals surface area contributed by atoms with Gasteiger partial charge in [-0.05, 0) is 41.5 Å². The summed E-state index contributed by atoms with van der Waals surface area (Å²) >= 11 is 0. The van der Waals surface area contributed by atoms with E-state index in [-0.39, 0.29) is 29.2 Å². The van der Waals surface area contributed by atoms with Crippen LogP contribution in [0.15, 0.2) is 60.7 Å². The second kappa shape index (κ2) is 13.1. The molecule has 0 aliphatic heterocycles. The Hall–Kier alpha value is -5.31. The minimum absolute atomic E-state index is 0.173. The van der Waals surface area contributed by atoms with Gasteiger partial charge in [-0.25, -0.2) is 0 Å². The highest BCUT2D eigenvalue weighted by atomic mass is 16.5. The van der Waals surface area contributed by atoms with Crippen molar-refractivity contribution in [2.45, 2.75) is 13.5 Å². The summed E-state index contributed by atoms with van der Waals surface area (Å²) < 4.78 is 46.8. The average Bonchev–Trinajstić information content (AvgIpc) is 3.08. The minimum atomic E-state index is -0.439. The molecule has 9 nitrogen and oxygen atoms in total. The quantitative estimate of drug-likeness (QED) is 0.136. The van der Waals surface area contributed by atoms with Gasteiger partial charge in [0.2, 0.25) is 5.78 Å². The largest absolute Gasteiger partial charge is 0.497 e. The van der Waals surface area contributed by atoms with E-state index in [1.165, 1.54) is 21.3 Å². The van der Waals surface area contributed by atoms with Gasteiger partial charge in [-0.3, -0.25) is 4.79 Å². The minimum Gasteiger partial charge on any atom is -0.497 e. The second-order valence-corrected chi connectivity index (χ2v) is 10.1. The first-order valence-electron chi connectivity index (χ1n) is 14.1. The zero-order valence-electron chi connectivity index (χ0n) is 26.7. The molecule has 0 N–H and O–H groups in total.